The highest BCUT2D eigenvalue weighted by Gasteiger charge is 2.25. The molecular weight excluding hydrogens is 304 g/mol. The van der Waals surface area contributed by atoms with Gasteiger partial charge >= 0.3 is 5.97 Å². The molecule has 0 unspecified atom stereocenters. The molecule has 0 aromatic heterocycles. The summed E-state index contributed by atoms with van der Waals surface area (Å²) in [5.41, 5.74) is 2.03. The molecule has 24 heavy (non-hydrogen) atoms. The molecule has 1 heterocycles. The highest BCUT2D eigenvalue weighted by molar-refractivity contribution is 5.69. The van der Waals surface area contributed by atoms with E-state index in [1.54, 1.807) is 0 Å². The van der Waals surface area contributed by atoms with Crippen molar-refractivity contribution in [2.75, 3.05) is 6.61 Å². The predicted molar refractivity (Wildman–Crippen MR) is 91.1 cm³/mol. The number of carbonyl (C=O) groups excluding carboxylic acids is 1. The Labute approximate surface area is 142 Å². The van der Waals surface area contributed by atoms with Gasteiger partial charge in [0, 0.05) is 24.5 Å². The topological polar surface area (TPSA) is 44.8 Å². The van der Waals surface area contributed by atoms with Gasteiger partial charge in [-0.2, -0.15) is 0 Å². The molecule has 0 saturated heterocycles. The molecule has 1 aliphatic rings. The van der Waals surface area contributed by atoms with Crippen LogP contribution in [0.4, 0.5) is 0 Å². The normalized spacial score (nSPS) is 16.0. The Balaban J connectivity index is 1.67. The van der Waals surface area contributed by atoms with Crippen LogP contribution in [0.1, 0.15) is 43.4 Å². The van der Waals surface area contributed by atoms with Crippen LogP contribution in [0.15, 0.2) is 48.5 Å². The van der Waals surface area contributed by atoms with Gasteiger partial charge in [-0.3, -0.25) is 4.79 Å². The lowest BCUT2D eigenvalue weighted by Crippen LogP contribution is -2.19. The van der Waals surface area contributed by atoms with E-state index >= 15 is 0 Å². The Bertz CT molecular complexity index is 681. The lowest BCUT2D eigenvalue weighted by atomic mass is 10.0. The van der Waals surface area contributed by atoms with Gasteiger partial charge < -0.3 is 14.2 Å². The number of benzene rings is 2. The van der Waals surface area contributed by atoms with E-state index in [-0.39, 0.29) is 12.1 Å². The Kier molecular flexibility index (Phi) is 5.36. The van der Waals surface area contributed by atoms with Crippen molar-refractivity contribution in [1.29, 1.82) is 0 Å². The minimum Gasteiger partial charge on any atom is -0.493 e. The van der Waals surface area contributed by atoms with E-state index in [2.05, 4.69) is 0 Å². The van der Waals surface area contributed by atoms with Crippen LogP contribution in [0, 0.1) is 0 Å². The number of hydrogen-bond acceptors (Lipinski definition) is 4. The molecule has 4 nitrogen and oxygen atoms in total. The van der Waals surface area contributed by atoms with Crippen molar-refractivity contribution in [3.05, 3.63) is 59.7 Å². The third-order valence-electron chi connectivity index (χ3n) is 3.95. The second-order valence-corrected chi connectivity index (χ2v) is 5.84. The van der Waals surface area contributed by atoms with Crippen LogP contribution in [0.2, 0.25) is 0 Å². The van der Waals surface area contributed by atoms with Crippen molar-refractivity contribution in [2.24, 2.45) is 0 Å². The predicted octanol–water partition coefficient (Wildman–Crippen LogP) is 4.43. The van der Waals surface area contributed by atoms with Crippen molar-refractivity contribution in [3.63, 3.8) is 0 Å². The van der Waals surface area contributed by atoms with E-state index < -0.39 is 0 Å². The van der Waals surface area contributed by atoms with Crippen LogP contribution < -0.4 is 9.47 Å². The van der Waals surface area contributed by atoms with Crippen LogP contribution in [-0.2, 0) is 16.1 Å². The van der Waals surface area contributed by atoms with Gasteiger partial charge in [0.1, 0.15) is 24.2 Å². The summed E-state index contributed by atoms with van der Waals surface area (Å²) < 4.78 is 17.1. The molecule has 4 heteroatoms. The number of carbonyl (C=O) groups is 1. The van der Waals surface area contributed by atoms with Gasteiger partial charge in [0.25, 0.3) is 0 Å². The molecular formula is C20H22O4. The molecule has 0 amide bonds. The summed E-state index contributed by atoms with van der Waals surface area (Å²) in [5.74, 6) is 1.33. The monoisotopic (exact) mass is 326 g/mol. The number of ether oxygens (including phenoxy) is 3. The number of fused-ring (bicyclic) bond motifs is 1. The molecule has 1 atom stereocenters. The molecule has 3 rings (SSSR count). The van der Waals surface area contributed by atoms with Gasteiger partial charge in [0.2, 0.25) is 0 Å². The molecule has 0 bridgehead atoms. The average Bonchev–Trinajstić information content (AvgIpc) is 2.61. The Hall–Kier alpha value is -2.49. The van der Waals surface area contributed by atoms with Gasteiger partial charge in [0.15, 0.2) is 0 Å². The molecule has 1 aliphatic heterocycles. The molecule has 0 N–H and O–H groups in total. The summed E-state index contributed by atoms with van der Waals surface area (Å²) in [7, 11) is 0. The van der Waals surface area contributed by atoms with E-state index in [0.29, 0.717) is 26.1 Å². The Morgan fingerprint density at radius 3 is 2.83 bits per heavy atom. The summed E-state index contributed by atoms with van der Waals surface area (Å²) >= 11 is 0. The number of rotatable bonds is 6. The molecule has 0 fully saturated rings. The van der Waals surface area contributed by atoms with Crippen LogP contribution in [0.5, 0.6) is 11.5 Å². The van der Waals surface area contributed by atoms with Crippen molar-refractivity contribution in [2.45, 2.75) is 38.9 Å². The lowest BCUT2D eigenvalue weighted by molar-refractivity contribution is -0.150. The first-order valence-corrected chi connectivity index (χ1v) is 8.39. The van der Waals surface area contributed by atoms with E-state index in [0.717, 1.165) is 29.0 Å². The SMILES string of the molecule is CCCC(=O)O[C@H]1CCOc2cc(OCc3ccccc3)ccc21. The third-order valence-corrected chi connectivity index (χ3v) is 3.95. The standard InChI is InChI=1S/C20H22O4/c1-2-6-20(21)24-18-11-12-22-19-13-16(9-10-17(18)19)23-14-15-7-4-3-5-8-15/h3-5,7-10,13,18H,2,6,11-12,14H2,1H3/t18-/m0/s1. The summed E-state index contributed by atoms with van der Waals surface area (Å²) in [6, 6.07) is 15.7. The summed E-state index contributed by atoms with van der Waals surface area (Å²) in [6.07, 6.45) is 1.70. The first kappa shape index (κ1) is 16.4. The zero-order chi connectivity index (χ0) is 16.8. The van der Waals surface area contributed by atoms with Crippen LogP contribution in [0.3, 0.4) is 0 Å². The van der Waals surface area contributed by atoms with E-state index in [4.69, 9.17) is 14.2 Å². The molecule has 0 aliphatic carbocycles. The second kappa shape index (κ2) is 7.86. The van der Waals surface area contributed by atoms with Crippen LogP contribution >= 0.6 is 0 Å². The summed E-state index contributed by atoms with van der Waals surface area (Å²) in [6.45, 7) is 3.02. The fraction of sp³-hybridized carbons (Fsp3) is 0.350. The first-order chi connectivity index (χ1) is 11.8. The Morgan fingerprint density at radius 2 is 2.04 bits per heavy atom. The number of hydrogen-bond donors (Lipinski definition) is 0. The summed E-state index contributed by atoms with van der Waals surface area (Å²) in [5, 5.41) is 0. The average molecular weight is 326 g/mol. The van der Waals surface area contributed by atoms with Crippen molar-refractivity contribution in [3.8, 4) is 11.5 Å². The first-order valence-electron chi connectivity index (χ1n) is 8.39. The van der Waals surface area contributed by atoms with Gasteiger partial charge in [0.05, 0.1) is 6.61 Å². The maximum absolute atomic E-state index is 11.8. The fourth-order valence-corrected chi connectivity index (χ4v) is 2.71. The van der Waals surface area contributed by atoms with E-state index in [1.807, 2.05) is 55.5 Å². The van der Waals surface area contributed by atoms with Crippen molar-refractivity contribution < 1.29 is 19.0 Å². The second-order valence-electron chi connectivity index (χ2n) is 5.84. The van der Waals surface area contributed by atoms with E-state index in [9.17, 15) is 4.79 Å². The quantitative estimate of drug-likeness (QED) is 0.737. The number of esters is 1. The Morgan fingerprint density at radius 1 is 1.21 bits per heavy atom. The molecule has 2 aromatic carbocycles. The molecule has 2 aromatic rings. The highest BCUT2D eigenvalue weighted by Crippen LogP contribution is 2.37. The zero-order valence-corrected chi connectivity index (χ0v) is 13.9. The zero-order valence-electron chi connectivity index (χ0n) is 13.9. The maximum atomic E-state index is 11.8. The smallest absolute Gasteiger partial charge is 0.306 e. The third kappa shape index (κ3) is 4.07. The minimum atomic E-state index is -0.226. The molecule has 0 saturated carbocycles. The van der Waals surface area contributed by atoms with Crippen molar-refractivity contribution in [1.82, 2.24) is 0 Å². The van der Waals surface area contributed by atoms with E-state index in [1.165, 1.54) is 0 Å². The molecule has 126 valence electrons. The summed E-state index contributed by atoms with van der Waals surface area (Å²) in [4.78, 5) is 11.8. The maximum Gasteiger partial charge on any atom is 0.306 e. The fourth-order valence-electron chi connectivity index (χ4n) is 2.71. The lowest BCUT2D eigenvalue weighted by Gasteiger charge is -2.26. The largest absolute Gasteiger partial charge is 0.493 e. The van der Waals surface area contributed by atoms with Gasteiger partial charge in [-0.05, 0) is 24.1 Å². The highest BCUT2D eigenvalue weighted by atomic mass is 16.6. The van der Waals surface area contributed by atoms with Gasteiger partial charge in [-0.1, -0.05) is 37.3 Å². The van der Waals surface area contributed by atoms with Gasteiger partial charge in [-0.25, -0.2) is 0 Å². The molecule has 0 spiro atoms. The van der Waals surface area contributed by atoms with Crippen molar-refractivity contribution >= 4 is 5.97 Å². The molecule has 0 radical (unpaired) electrons. The van der Waals surface area contributed by atoms with Crippen LogP contribution in [0.25, 0.3) is 0 Å². The van der Waals surface area contributed by atoms with Crippen LogP contribution in [-0.4, -0.2) is 12.6 Å². The minimum absolute atomic E-state index is 0.153. The van der Waals surface area contributed by atoms with Gasteiger partial charge in [-0.15, -0.1) is 0 Å².